The van der Waals surface area contributed by atoms with Gasteiger partial charge in [-0.3, -0.25) is 0 Å². The average molecular weight is 264 g/mol. The van der Waals surface area contributed by atoms with E-state index < -0.39 is 0 Å². The first-order valence-corrected chi connectivity index (χ1v) is 6.83. The first-order chi connectivity index (χ1) is 9.61. The number of anilines is 1. The van der Waals surface area contributed by atoms with Gasteiger partial charge in [-0.05, 0) is 42.2 Å². The summed E-state index contributed by atoms with van der Waals surface area (Å²) in [6.07, 6.45) is 0.768. The number of nitriles is 1. The Morgan fingerprint density at radius 3 is 2.25 bits per heavy atom. The smallest absolute Gasteiger partial charge is 0.0753 e. The van der Waals surface area contributed by atoms with Crippen LogP contribution >= 0.6 is 0 Å². The molecule has 0 spiro atoms. The monoisotopic (exact) mass is 264 g/mol. The van der Waals surface area contributed by atoms with E-state index in [2.05, 4.69) is 54.3 Å². The molecule has 2 heteroatoms. The molecule has 0 N–H and O–H groups in total. The second-order valence-corrected chi connectivity index (χ2v) is 5.30. The van der Waals surface area contributed by atoms with Crippen molar-refractivity contribution in [1.29, 1.82) is 5.26 Å². The van der Waals surface area contributed by atoms with E-state index in [0.29, 0.717) is 0 Å². The molecule has 2 rings (SSSR count). The fourth-order valence-electron chi connectivity index (χ4n) is 2.30. The van der Waals surface area contributed by atoms with Crippen LogP contribution in [0.1, 0.15) is 22.6 Å². The lowest BCUT2D eigenvalue weighted by molar-refractivity contribution is 0.843. The van der Waals surface area contributed by atoms with Crippen molar-refractivity contribution in [3.05, 3.63) is 65.2 Å². The molecule has 2 aromatic rings. The van der Waals surface area contributed by atoms with Gasteiger partial charge in [0, 0.05) is 19.8 Å². The van der Waals surface area contributed by atoms with Crippen molar-refractivity contribution < 1.29 is 0 Å². The fraction of sp³-hybridized carbons (Fsp3) is 0.278. The molecule has 0 aliphatic carbocycles. The summed E-state index contributed by atoms with van der Waals surface area (Å²) < 4.78 is 0. The fourth-order valence-corrected chi connectivity index (χ4v) is 2.30. The molecule has 0 fully saturated rings. The van der Waals surface area contributed by atoms with E-state index in [9.17, 15) is 5.26 Å². The Labute approximate surface area is 121 Å². The van der Waals surface area contributed by atoms with Gasteiger partial charge in [-0.1, -0.05) is 36.4 Å². The zero-order chi connectivity index (χ0) is 14.5. The van der Waals surface area contributed by atoms with Gasteiger partial charge >= 0.3 is 0 Å². The van der Waals surface area contributed by atoms with Crippen molar-refractivity contribution in [3.8, 4) is 6.07 Å². The molecule has 2 aromatic carbocycles. The molecule has 0 aromatic heterocycles. The van der Waals surface area contributed by atoms with Gasteiger partial charge in [0.15, 0.2) is 0 Å². The molecule has 2 nitrogen and oxygen atoms in total. The molecule has 0 aliphatic rings. The molecule has 0 heterocycles. The minimum absolute atomic E-state index is 0.0905. The minimum atomic E-state index is -0.0905. The normalized spacial score (nSPS) is 11.7. The molecule has 0 aliphatic heterocycles. The van der Waals surface area contributed by atoms with Crippen LogP contribution < -0.4 is 4.90 Å². The molecule has 20 heavy (non-hydrogen) atoms. The summed E-state index contributed by atoms with van der Waals surface area (Å²) >= 11 is 0. The number of benzene rings is 2. The first kappa shape index (κ1) is 14.1. The Morgan fingerprint density at radius 1 is 1.05 bits per heavy atom. The molecular formula is C18H20N2. The molecule has 0 radical (unpaired) electrons. The maximum Gasteiger partial charge on any atom is 0.0753 e. The Bertz CT molecular complexity index is 606. The largest absolute Gasteiger partial charge is 0.378 e. The van der Waals surface area contributed by atoms with Gasteiger partial charge in [0.05, 0.1) is 12.0 Å². The quantitative estimate of drug-likeness (QED) is 0.837. The molecule has 1 unspecified atom stereocenters. The number of hydrogen-bond acceptors (Lipinski definition) is 2. The van der Waals surface area contributed by atoms with Crippen molar-refractivity contribution in [2.24, 2.45) is 0 Å². The van der Waals surface area contributed by atoms with Gasteiger partial charge in [0.2, 0.25) is 0 Å². The van der Waals surface area contributed by atoms with Crippen molar-refractivity contribution in [2.45, 2.75) is 19.3 Å². The predicted molar refractivity (Wildman–Crippen MR) is 84.0 cm³/mol. The van der Waals surface area contributed by atoms with Crippen LogP contribution in [0.15, 0.2) is 48.5 Å². The van der Waals surface area contributed by atoms with Crippen LogP contribution in [0.5, 0.6) is 0 Å². The Hall–Kier alpha value is -2.27. The topological polar surface area (TPSA) is 27.0 Å². The van der Waals surface area contributed by atoms with E-state index in [1.54, 1.807) is 0 Å². The number of rotatable bonds is 4. The molecule has 0 amide bonds. The second kappa shape index (κ2) is 6.25. The van der Waals surface area contributed by atoms with Crippen LogP contribution in [0.4, 0.5) is 5.69 Å². The first-order valence-electron chi connectivity index (χ1n) is 6.83. The highest BCUT2D eigenvalue weighted by atomic mass is 15.1. The highest BCUT2D eigenvalue weighted by Gasteiger charge is 2.12. The lowest BCUT2D eigenvalue weighted by Crippen LogP contribution is -2.09. The summed E-state index contributed by atoms with van der Waals surface area (Å²) in [6.45, 7) is 2.10. The van der Waals surface area contributed by atoms with E-state index in [4.69, 9.17) is 0 Å². The number of nitrogens with zero attached hydrogens (tertiary/aromatic N) is 2. The zero-order valence-electron chi connectivity index (χ0n) is 12.3. The van der Waals surface area contributed by atoms with Gasteiger partial charge in [0.1, 0.15) is 0 Å². The van der Waals surface area contributed by atoms with Gasteiger partial charge in [-0.15, -0.1) is 0 Å². The lowest BCUT2D eigenvalue weighted by atomic mass is 9.91. The van der Waals surface area contributed by atoms with Crippen molar-refractivity contribution in [1.82, 2.24) is 0 Å². The third kappa shape index (κ3) is 3.19. The Balaban J connectivity index is 2.21. The standard InChI is InChI=1S/C18H20N2/c1-14-6-4-5-7-16(14)12-17(13-19)15-8-10-18(11-9-15)20(2)3/h4-11,17H,12H2,1-3H3. The van der Waals surface area contributed by atoms with E-state index in [1.807, 2.05) is 26.2 Å². The molecule has 0 bridgehead atoms. The number of aryl methyl sites for hydroxylation is 1. The van der Waals surface area contributed by atoms with Crippen LogP contribution in [0.25, 0.3) is 0 Å². The lowest BCUT2D eigenvalue weighted by Gasteiger charge is -2.15. The average Bonchev–Trinajstić information content (AvgIpc) is 2.46. The van der Waals surface area contributed by atoms with Crippen LogP contribution in [-0.2, 0) is 6.42 Å². The van der Waals surface area contributed by atoms with Gasteiger partial charge in [-0.25, -0.2) is 0 Å². The van der Waals surface area contributed by atoms with Gasteiger partial charge in [0.25, 0.3) is 0 Å². The molecule has 0 saturated carbocycles. The van der Waals surface area contributed by atoms with Crippen molar-refractivity contribution >= 4 is 5.69 Å². The Morgan fingerprint density at radius 2 is 1.70 bits per heavy atom. The van der Waals surface area contributed by atoms with Gasteiger partial charge in [-0.2, -0.15) is 5.26 Å². The van der Waals surface area contributed by atoms with E-state index >= 15 is 0 Å². The molecular weight excluding hydrogens is 244 g/mol. The van der Waals surface area contributed by atoms with Gasteiger partial charge < -0.3 is 4.90 Å². The van der Waals surface area contributed by atoms with Crippen LogP contribution in [0, 0.1) is 18.3 Å². The molecule has 1 atom stereocenters. The molecule has 102 valence electrons. The zero-order valence-corrected chi connectivity index (χ0v) is 12.3. The summed E-state index contributed by atoms with van der Waals surface area (Å²) in [4.78, 5) is 2.06. The third-order valence-corrected chi connectivity index (χ3v) is 3.65. The summed E-state index contributed by atoms with van der Waals surface area (Å²) in [5.74, 6) is -0.0905. The van der Waals surface area contributed by atoms with E-state index in [1.165, 1.54) is 11.1 Å². The van der Waals surface area contributed by atoms with Crippen LogP contribution in [0.2, 0.25) is 0 Å². The second-order valence-electron chi connectivity index (χ2n) is 5.30. The summed E-state index contributed by atoms with van der Waals surface area (Å²) in [5, 5.41) is 9.45. The summed E-state index contributed by atoms with van der Waals surface area (Å²) in [7, 11) is 4.04. The third-order valence-electron chi connectivity index (χ3n) is 3.65. The van der Waals surface area contributed by atoms with E-state index in [-0.39, 0.29) is 5.92 Å². The highest BCUT2D eigenvalue weighted by Crippen LogP contribution is 2.24. The van der Waals surface area contributed by atoms with Crippen LogP contribution in [-0.4, -0.2) is 14.1 Å². The van der Waals surface area contributed by atoms with Crippen molar-refractivity contribution in [3.63, 3.8) is 0 Å². The highest BCUT2D eigenvalue weighted by molar-refractivity contribution is 5.47. The maximum absolute atomic E-state index is 9.45. The van der Waals surface area contributed by atoms with Crippen LogP contribution in [0.3, 0.4) is 0 Å². The number of hydrogen-bond donors (Lipinski definition) is 0. The Kier molecular flexibility index (Phi) is 4.42. The summed E-state index contributed by atoms with van der Waals surface area (Å²) in [5.41, 5.74) is 4.73. The van der Waals surface area contributed by atoms with E-state index in [0.717, 1.165) is 17.7 Å². The summed E-state index contributed by atoms with van der Waals surface area (Å²) in [6, 6.07) is 18.9. The van der Waals surface area contributed by atoms with Crippen molar-refractivity contribution in [2.75, 3.05) is 19.0 Å². The minimum Gasteiger partial charge on any atom is -0.378 e. The molecule has 0 saturated heterocycles. The predicted octanol–water partition coefficient (Wildman–Crippen LogP) is 3.91. The SMILES string of the molecule is Cc1ccccc1CC(C#N)c1ccc(N(C)C)cc1. The maximum atomic E-state index is 9.45.